The van der Waals surface area contributed by atoms with E-state index in [4.69, 9.17) is 0 Å². The van der Waals surface area contributed by atoms with E-state index < -0.39 is 0 Å². The fraction of sp³-hybridized carbons (Fsp3) is 0.483. The molecule has 3 aromatic rings. The predicted molar refractivity (Wildman–Crippen MR) is 133 cm³/mol. The molecule has 0 saturated heterocycles. The summed E-state index contributed by atoms with van der Waals surface area (Å²) < 4.78 is 2.81. The van der Waals surface area contributed by atoms with Gasteiger partial charge in [0.25, 0.3) is 0 Å². The van der Waals surface area contributed by atoms with Crippen molar-refractivity contribution in [3.05, 3.63) is 86.5 Å². The van der Waals surface area contributed by atoms with Crippen LogP contribution in [0.3, 0.4) is 0 Å². The van der Waals surface area contributed by atoms with Crippen molar-refractivity contribution in [1.29, 1.82) is 0 Å². The molecule has 4 nitrogen and oxygen atoms in total. The maximum absolute atomic E-state index is 12.2. The van der Waals surface area contributed by atoms with Crippen LogP contribution in [0.2, 0.25) is 0 Å². The van der Waals surface area contributed by atoms with Gasteiger partial charge in [-0.1, -0.05) is 64.1 Å². The Morgan fingerprint density at radius 1 is 0.879 bits per heavy atom. The van der Waals surface area contributed by atoms with Gasteiger partial charge in [-0.05, 0) is 76.8 Å². The molecule has 0 bridgehead atoms. The normalized spacial score (nSPS) is 19.8. The molecule has 0 amide bonds. The third-order valence-electron chi connectivity index (χ3n) is 8.43. The van der Waals surface area contributed by atoms with Crippen LogP contribution >= 0.6 is 0 Å². The Morgan fingerprint density at radius 3 is 1.97 bits per heavy atom. The van der Waals surface area contributed by atoms with E-state index in [0.717, 1.165) is 5.56 Å². The molecule has 0 atom stereocenters. The van der Waals surface area contributed by atoms with Gasteiger partial charge in [0.1, 0.15) is 0 Å². The average Bonchev–Trinajstić information content (AvgIpc) is 3.52. The predicted octanol–water partition coefficient (Wildman–Crippen LogP) is 5.68. The third kappa shape index (κ3) is 3.46. The van der Waals surface area contributed by atoms with Crippen molar-refractivity contribution in [3.8, 4) is 5.88 Å². The Balaban J connectivity index is 1.50. The lowest BCUT2D eigenvalue weighted by atomic mass is 9.62. The first-order valence-corrected chi connectivity index (χ1v) is 12.2. The smallest absolute Gasteiger partial charge is 0.331 e. The molecule has 1 fully saturated rings. The summed E-state index contributed by atoms with van der Waals surface area (Å²) in [5.41, 5.74) is 8.65. The van der Waals surface area contributed by atoms with Crippen molar-refractivity contribution in [1.82, 2.24) is 9.13 Å². The average molecular weight is 445 g/mol. The summed E-state index contributed by atoms with van der Waals surface area (Å²) in [7, 11) is 1.65. The number of imidazole rings is 1. The second-order valence-electron chi connectivity index (χ2n) is 11.7. The highest BCUT2D eigenvalue weighted by Crippen LogP contribution is 2.56. The minimum absolute atomic E-state index is 0.000428. The molecule has 1 heterocycles. The van der Waals surface area contributed by atoms with Crippen LogP contribution in [-0.2, 0) is 29.8 Å². The quantitative estimate of drug-likeness (QED) is 0.563. The number of fused-ring (bicyclic) bond motifs is 1. The fourth-order valence-electron chi connectivity index (χ4n) is 5.92. The lowest BCUT2D eigenvalue weighted by Crippen LogP contribution is -2.34. The Bertz CT molecular complexity index is 1280. The molecule has 0 aliphatic heterocycles. The highest BCUT2D eigenvalue weighted by atomic mass is 16.3. The first-order valence-electron chi connectivity index (χ1n) is 12.2. The number of hydrogen-bond acceptors (Lipinski definition) is 2. The van der Waals surface area contributed by atoms with Gasteiger partial charge >= 0.3 is 5.69 Å². The topological polar surface area (TPSA) is 47.2 Å². The van der Waals surface area contributed by atoms with Gasteiger partial charge in [-0.3, -0.25) is 9.13 Å². The van der Waals surface area contributed by atoms with Crippen LogP contribution in [0.4, 0.5) is 0 Å². The molecule has 1 N–H and O–H groups in total. The van der Waals surface area contributed by atoms with Gasteiger partial charge in [-0.2, -0.15) is 0 Å². The van der Waals surface area contributed by atoms with E-state index in [0.29, 0.717) is 6.54 Å². The van der Waals surface area contributed by atoms with Crippen LogP contribution in [0.5, 0.6) is 5.88 Å². The maximum Gasteiger partial charge on any atom is 0.331 e. The number of nitrogens with zero attached hydrogens (tertiary/aromatic N) is 2. The Kier molecular flexibility index (Phi) is 4.76. The third-order valence-corrected chi connectivity index (χ3v) is 8.43. The monoisotopic (exact) mass is 444 g/mol. The summed E-state index contributed by atoms with van der Waals surface area (Å²) in [4.78, 5) is 12.2. The number of aromatic nitrogens is 2. The molecular weight excluding hydrogens is 408 g/mol. The number of rotatable bonds is 4. The molecule has 4 heteroatoms. The number of hydrogen-bond donors (Lipinski definition) is 1. The fourth-order valence-corrected chi connectivity index (χ4v) is 5.92. The van der Waals surface area contributed by atoms with E-state index in [1.165, 1.54) is 68.8 Å². The Morgan fingerprint density at radius 2 is 1.45 bits per heavy atom. The number of aryl methyl sites for hydroxylation is 2. The molecule has 33 heavy (non-hydrogen) atoms. The molecule has 0 unspecified atom stereocenters. The van der Waals surface area contributed by atoms with Gasteiger partial charge < -0.3 is 5.11 Å². The molecule has 174 valence electrons. The van der Waals surface area contributed by atoms with Crippen LogP contribution in [0.25, 0.3) is 0 Å². The van der Waals surface area contributed by atoms with Crippen molar-refractivity contribution >= 4 is 0 Å². The molecule has 2 aliphatic rings. The van der Waals surface area contributed by atoms with Crippen molar-refractivity contribution in [3.63, 3.8) is 0 Å². The molecule has 2 aromatic carbocycles. The van der Waals surface area contributed by atoms with Crippen molar-refractivity contribution in [2.75, 3.05) is 0 Å². The van der Waals surface area contributed by atoms with Gasteiger partial charge in [0, 0.05) is 12.5 Å². The van der Waals surface area contributed by atoms with Crippen molar-refractivity contribution < 1.29 is 5.11 Å². The first kappa shape index (κ1) is 22.1. The highest BCUT2D eigenvalue weighted by molar-refractivity contribution is 5.55. The van der Waals surface area contributed by atoms with E-state index in [9.17, 15) is 9.90 Å². The second kappa shape index (κ2) is 7.12. The number of aromatic hydroxyl groups is 1. The van der Waals surface area contributed by atoms with Crippen LogP contribution in [-0.4, -0.2) is 14.2 Å². The van der Waals surface area contributed by atoms with Crippen LogP contribution < -0.4 is 5.69 Å². The van der Waals surface area contributed by atoms with Crippen LogP contribution in [0.1, 0.15) is 86.8 Å². The van der Waals surface area contributed by atoms with Gasteiger partial charge in [0.05, 0.1) is 12.7 Å². The van der Waals surface area contributed by atoms with E-state index in [-0.39, 0.29) is 27.8 Å². The molecule has 1 saturated carbocycles. The summed E-state index contributed by atoms with van der Waals surface area (Å²) in [6.45, 7) is 12.2. The lowest BCUT2D eigenvalue weighted by molar-refractivity contribution is 0.331. The van der Waals surface area contributed by atoms with Crippen molar-refractivity contribution in [2.45, 2.75) is 83.1 Å². The standard InChI is InChI=1S/C29H36N2O2/c1-19-15-23-24(28(4,5)12-11-27(23,2)3)16-22(19)29(13-14-29)21-9-7-20(8-10-21)17-31-25(32)18-30(6)26(31)33/h7-10,15-16,18,32H,11-14,17H2,1-6H3. The Hall–Kier alpha value is -2.75. The van der Waals surface area contributed by atoms with Gasteiger partial charge in [0.15, 0.2) is 0 Å². The van der Waals surface area contributed by atoms with E-state index in [1.54, 1.807) is 7.05 Å². The van der Waals surface area contributed by atoms with Crippen molar-refractivity contribution in [2.24, 2.45) is 7.05 Å². The maximum atomic E-state index is 12.2. The zero-order valence-corrected chi connectivity index (χ0v) is 20.8. The minimum Gasteiger partial charge on any atom is -0.493 e. The zero-order valence-electron chi connectivity index (χ0n) is 20.8. The SMILES string of the molecule is Cc1cc2c(cc1C1(c3ccc(Cn4c(O)cn(C)c4=O)cc3)CC1)C(C)(C)CCC2(C)C. The van der Waals surface area contributed by atoms with E-state index >= 15 is 0 Å². The molecule has 0 radical (unpaired) electrons. The van der Waals surface area contributed by atoms with Crippen LogP contribution in [0, 0.1) is 6.92 Å². The Labute approximate surface area is 196 Å². The lowest BCUT2D eigenvalue weighted by Gasteiger charge is -2.43. The summed E-state index contributed by atoms with van der Waals surface area (Å²) in [6, 6.07) is 13.7. The second-order valence-corrected chi connectivity index (χ2v) is 11.7. The largest absolute Gasteiger partial charge is 0.493 e. The van der Waals surface area contributed by atoms with E-state index in [1.807, 2.05) is 0 Å². The minimum atomic E-state index is -0.203. The molecule has 1 aromatic heterocycles. The zero-order chi connectivity index (χ0) is 23.8. The van der Waals surface area contributed by atoms with Gasteiger partial charge in [-0.15, -0.1) is 0 Å². The first-order chi connectivity index (χ1) is 15.4. The summed E-state index contributed by atoms with van der Waals surface area (Å²) in [5, 5.41) is 10.1. The van der Waals surface area contributed by atoms with Gasteiger partial charge in [-0.25, -0.2) is 4.79 Å². The summed E-state index contributed by atoms with van der Waals surface area (Å²) >= 11 is 0. The highest BCUT2D eigenvalue weighted by Gasteiger charge is 2.48. The summed E-state index contributed by atoms with van der Waals surface area (Å²) in [6.07, 6.45) is 6.27. The van der Waals surface area contributed by atoms with E-state index in [2.05, 4.69) is 71.0 Å². The van der Waals surface area contributed by atoms with Crippen LogP contribution in [0.15, 0.2) is 47.4 Å². The van der Waals surface area contributed by atoms with Gasteiger partial charge in [0.2, 0.25) is 5.88 Å². The number of benzene rings is 2. The molecular formula is C29H36N2O2. The molecule has 5 rings (SSSR count). The molecule has 2 aliphatic carbocycles. The summed E-state index contributed by atoms with van der Waals surface area (Å²) in [5.74, 6) is 0.000428. The molecule has 0 spiro atoms.